The van der Waals surface area contributed by atoms with Gasteiger partial charge in [-0.3, -0.25) is 4.79 Å². The first kappa shape index (κ1) is 24.5. The van der Waals surface area contributed by atoms with Crippen LogP contribution >= 0.6 is 34.8 Å². The number of nitriles is 1. The topological polar surface area (TPSA) is 71.3 Å². The summed E-state index contributed by atoms with van der Waals surface area (Å²) in [6.07, 6.45) is 1.42. The maximum atomic E-state index is 12.6. The molecule has 0 fully saturated rings. The molecule has 168 valence electrons. The number of hydrogen-bond acceptors (Lipinski definition) is 4. The smallest absolute Gasteiger partial charge is 0.266 e. The highest BCUT2D eigenvalue weighted by Gasteiger charge is 2.15. The molecule has 5 nitrogen and oxygen atoms in total. The standard InChI is InChI=1S/C25H19Cl3N2O3/c1-2-32-23-12-17(11-22(28)24(23)33-15-16-6-4-3-5-7-16)10-18(14-29)25(31)30-19-8-9-20(26)21(27)13-19/h3-13H,2,15H2,1H3,(H,30,31)/b18-10+. The Morgan fingerprint density at radius 1 is 1.00 bits per heavy atom. The number of nitrogens with one attached hydrogen (secondary N) is 1. The number of carbonyl (C=O) groups is 1. The van der Waals surface area contributed by atoms with Crippen LogP contribution in [0.1, 0.15) is 18.1 Å². The van der Waals surface area contributed by atoms with Crippen molar-refractivity contribution in [2.75, 3.05) is 11.9 Å². The Morgan fingerprint density at radius 2 is 1.76 bits per heavy atom. The van der Waals surface area contributed by atoms with Gasteiger partial charge in [0.25, 0.3) is 5.91 Å². The third kappa shape index (κ3) is 6.66. The van der Waals surface area contributed by atoms with Gasteiger partial charge in [-0.15, -0.1) is 0 Å². The molecule has 0 aromatic heterocycles. The quantitative estimate of drug-likeness (QED) is 0.262. The van der Waals surface area contributed by atoms with Crippen molar-refractivity contribution in [2.45, 2.75) is 13.5 Å². The van der Waals surface area contributed by atoms with Crippen molar-refractivity contribution >= 4 is 52.5 Å². The van der Waals surface area contributed by atoms with Gasteiger partial charge >= 0.3 is 0 Å². The molecule has 3 rings (SSSR count). The van der Waals surface area contributed by atoms with Gasteiger partial charge in [0.15, 0.2) is 11.5 Å². The van der Waals surface area contributed by atoms with Gasteiger partial charge in [0.1, 0.15) is 18.2 Å². The zero-order valence-corrected chi connectivity index (χ0v) is 19.8. The SMILES string of the molecule is CCOc1cc(/C=C(\C#N)C(=O)Nc2ccc(Cl)c(Cl)c2)cc(Cl)c1OCc1ccccc1. The molecule has 0 radical (unpaired) electrons. The van der Waals surface area contributed by atoms with E-state index in [2.05, 4.69) is 5.32 Å². The number of anilines is 1. The van der Waals surface area contributed by atoms with Crippen LogP contribution in [-0.4, -0.2) is 12.5 Å². The van der Waals surface area contributed by atoms with Crippen molar-refractivity contribution in [2.24, 2.45) is 0 Å². The number of nitrogens with zero attached hydrogens (tertiary/aromatic N) is 1. The lowest BCUT2D eigenvalue weighted by atomic mass is 10.1. The Labute approximate surface area is 207 Å². The highest BCUT2D eigenvalue weighted by molar-refractivity contribution is 6.42. The number of ether oxygens (including phenoxy) is 2. The Morgan fingerprint density at radius 3 is 2.42 bits per heavy atom. The van der Waals surface area contributed by atoms with E-state index < -0.39 is 5.91 Å². The fourth-order valence-electron chi connectivity index (χ4n) is 2.89. The molecule has 33 heavy (non-hydrogen) atoms. The Bertz CT molecular complexity index is 1220. The number of halogens is 3. The fraction of sp³-hybridized carbons (Fsp3) is 0.120. The van der Waals surface area contributed by atoms with Gasteiger partial charge in [0, 0.05) is 5.69 Å². The second-order valence-corrected chi connectivity index (χ2v) is 8.01. The van der Waals surface area contributed by atoms with Crippen LogP contribution in [0.4, 0.5) is 5.69 Å². The monoisotopic (exact) mass is 500 g/mol. The van der Waals surface area contributed by atoms with Crippen LogP contribution in [-0.2, 0) is 11.4 Å². The number of amides is 1. The van der Waals surface area contributed by atoms with E-state index in [1.807, 2.05) is 43.3 Å². The highest BCUT2D eigenvalue weighted by Crippen LogP contribution is 2.38. The third-order valence-corrected chi connectivity index (χ3v) is 5.43. The minimum absolute atomic E-state index is 0.127. The maximum absolute atomic E-state index is 12.6. The summed E-state index contributed by atoms with van der Waals surface area (Å²) in [5, 5.41) is 13.1. The molecule has 0 aliphatic carbocycles. The van der Waals surface area contributed by atoms with Crippen molar-refractivity contribution in [1.82, 2.24) is 0 Å². The second-order valence-electron chi connectivity index (χ2n) is 6.79. The van der Waals surface area contributed by atoms with E-state index in [1.54, 1.807) is 24.3 Å². The van der Waals surface area contributed by atoms with Crippen LogP contribution in [0, 0.1) is 11.3 Å². The van der Waals surface area contributed by atoms with Crippen LogP contribution in [0.15, 0.2) is 66.2 Å². The van der Waals surface area contributed by atoms with Gasteiger partial charge in [0.05, 0.1) is 21.7 Å². The van der Waals surface area contributed by atoms with Gasteiger partial charge in [-0.05, 0) is 54.5 Å². The molecule has 0 unspecified atom stereocenters. The summed E-state index contributed by atoms with van der Waals surface area (Å²) < 4.78 is 11.6. The Hall–Kier alpha value is -3.17. The van der Waals surface area contributed by atoms with Crippen LogP contribution in [0.2, 0.25) is 15.1 Å². The normalized spacial score (nSPS) is 10.9. The summed E-state index contributed by atoms with van der Waals surface area (Å²) in [5.41, 5.74) is 1.77. The van der Waals surface area contributed by atoms with E-state index in [4.69, 9.17) is 44.3 Å². The largest absolute Gasteiger partial charge is 0.490 e. The van der Waals surface area contributed by atoms with Crippen molar-refractivity contribution in [3.63, 3.8) is 0 Å². The zero-order valence-electron chi connectivity index (χ0n) is 17.6. The average Bonchev–Trinajstić information content (AvgIpc) is 2.80. The van der Waals surface area contributed by atoms with E-state index in [1.165, 1.54) is 12.1 Å². The van der Waals surface area contributed by atoms with Crippen molar-refractivity contribution in [1.29, 1.82) is 5.26 Å². The number of rotatable bonds is 8. The molecular formula is C25H19Cl3N2O3. The van der Waals surface area contributed by atoms with E-state index in [0.717, 1.165) is 5.56 Å². The first-order valence-electron chi connectivity index (χ1n) is 9.92. The molecule has 0 aliphatic heterocycles. The molecule has 0 heterocycles. The molecule has 0 aliphatic rings. The molecule has 8 heteroatoms. The van der Waals surface area contributed by atoms with E-state index in [9.17, 15) is 10.1 Å². The molecule has 0 saturated carbocycles. The van der Waals surface area contributed by atoms with E-state index in [-0.39, 0.29) is 10.6 Å². The predicted octanol–water partition coefficient (Wildman–Crippen LogP) is 7.17. The lowest BCUT2D eigenvalue weighted by Gasteiger charge is -2.15. The average molecular weight is 502 g/mol. The number of carbonyl (C=O) groups excluding carboxylic acids is 1. The summed E-state index contributed by atoms with van der Waals surface area (Å²) >= 11 is 18.3. The van der Waals surface area contributed by atoms with Crippen LogP contribution in [0.25, 0.3) is 6.08 Å². The van der Waals surface area contributed by atoms with Crippen LogP contribution < -0.4 is 14.8 Å². The van der Waals surface area contributed by atoms with Crippen LogP contribution in [0.5, 0.6) is 11.5 Å². The van der Waals surface area contributed by atoms with Crippen molar-refractivity contribution in [3.8, 4) is 17.6 Å². The Balaban J connectivity index is 1.84. The molecule has 3 aromatic rings. The summed E-state index contributed by atoms with van der Waals surface area (Å²) in [7, 11) is 0. The van der Waals surface area contributed by atoms with Gasteiger partial charge in [-0.2, -0.15) is 5.26 Å². The molecule has 0 spiro atoms. The minimum atomic E-state index is -0.602. The number of benzene rings is 3. The van der Waals surface area contributed by atoms with Crippen molar-refractivity contribution in [3.05, 3.63) is 92.4 Å². The summed E-state index contributed by atoms with van der Waals surface area (Å²) in [5.74, 6) is 0.196. The molecular weight excluding hydrogens is 483 g/mol. The first-order valence-corrected chi connectivity index (χ1v) is 11.1. The molecule has 0 bridgehead atoms. The summed E-state index contributed by atoms with van der Waals surface area (Å²) in [4.78, 5) is 12.6. The Kier molecular flexibility index (Phi) is 8.62. The molecule has 3 aromatic carbocycles. The predicted molar refractivity (Wildman–Crippen MR) is 132 cm³/mol. The van der Waals surface area contributed by atoms with Gasteiger partial charge in [-0.1, -0.05) is 65.1 Å². The van der Waals surface area contributed by atoms with E-state index in [0.29, 0.717) is 46.0 Å². The highest BCUT2D eigenvalue weighted by atomic mass is 35.5. The van der Waals surface area contributed by atoms with E-state index >= 15 is 0 Å². The van der Waals surface area contributed by atoms with Crippen molar-refractivity contribution < 1.29 is 14.3 Å². The maximum Gasteiger partial charge on any atom is 0.266 e. The van der Waals surface area contributed by atoms with Crippen LogP contribution in [0.3, 0.4) is 0 Å². The lowest BCUT2D eigenvalue weighted by molar-refractivity contribution is -0.112. The summed E-state index contributed by atoms with van der Waals surface area (Å²) in [6, 6.07) is 19.5. The van der Waals surface area contributed by atoms with Gasteiger partial charge in [0.2, 0.25) is 0 Å². The summed E-state index contributed by atoms with van der Waals surface area (Å²) in [6.45, 7) is 2.53. The third-order valence-electron chi connectivity index (χ3n) is 4.41. The number of hydrogen-bond donors (Lipinski definition) is 1. The minimum Gasteiger partial charge on any atom is -0.490 e. The lowest BCUT2D eigenvalue weighted by Crippen LogP contribution is -2.13. The zero-order chi connectivity index (χ0) is 23.8. The first-order chi connectivity index (χ1) is 15.9. The fourth-order valence-corrected chi connectivity index (χ4v) is 3.46. The molecule has 0 atom stereocenters. The van der Waals surface area contributed by atoms with Gasteiger partial charge in [-0.25, -0.2) is 0 Å². The molecule has 1 N–H and O–H groups in total. The van der Waals surface area contributed by atoms with Gasteiger partial charge < -0.3 is 14.8 Å². The second kappa shape index (κ2) is 11.6. The molecule has 0 saturated heterocycles. The molecule has 1 amide bonds.